The Bertz CT molecular complexity index is 59.3. The Morgan fingerprint density at radius 3 is 1.75 bits per heavy atom. The van der Waals surface area contributed by atoms with Gasteiger partial charge in [-0.3, -0.25) is 0 Å². The van der Waals surface area contributed by atoms with Gasteiger partial charge in [0.1, 0.15) is 0 Å². The topological polar surface area (TPSA) is 0 Å². The maximum atomic E-state index is 4.21. The number of rotatable bonds is 1. The molecule has 0 aromatic heterocycles. The molecule has 0 heterocycles. The first kappa shape index (κ1) is 8.35. The van der Waals surface area contributed by atoms with E-state index in [4.69, 9.17) is 0 Å². The van der Waals surface area contributed by atoms with Crippen LogP contribution in [0.4, 0.5) is 0 Å². The lowest BCUT2D eigenvalue weighted by atomic mass is 9.91. The van der Waals surface area contributed by atoms with Crippen LogP contribution in [0.3, 0.4) is 0 Å². The van der Waals surface area contributed by atoms with E-state index >= 15 is 0 Å². The summed E-state index contributed by atoms with van der Waals surface area (Å²) in [5.74, 6) is 0. The SMILES string of the molecule is C[C](S)CC(C)(C)C. The Morgan fingerprint density at radius 2 is 1.75 bits per heavy atom. The number of thiol groups is 1. The van der Waals surface area contributed by atoms with Crippen LogP contribution >= 0.6 is 12.6 Å². The van der Waals surface area contributed by atoms with E-state index in [0.29, 0.717) is 5.41 Å². The minimum atomic E-state index is 0.409. The van der Waals surface area contributed by atoms with Crippen LogP contribution in [0.2, 0.25) is 0 Å². The molecule has 0 aliphatic carbocycles. The first-order chi connectivity index (χ1) is 3.42. The van der Waals surface area contributed by atoms with E-state index < -0.39 is 0 Å². The molecule has 0 aliphatic rings. The molecule has 0 saturated heterocycles. The second-order valence-corrected chi connectivity index (χ2v) is 4.24. The predicted molar refractivity (Wildman–Crippen MR) is 42.0 cm³/mol. The standard InChI is InChI=1S/C7H15S/c1-6(8)5-7(2,3)4/h8H,5H2,1-4H3. The second kappa shape index (κ2) is 2.77. The van der Waals surface area contributed by atoms with Crippen molar-refractivity contribution in [2.75, 3.05) is 0 Å². The smallest absolute Gasteiger partial charge is 0.0248 e. The van der Waals surface area contributed by atoms with Gasteiger partial charge in [-0.15, -0.1) is 0 Å². The molecular weight excluding hydrogens is 116 g/mol. The zero-order valence-corrected chi connectivity index (χ0v) is 7.05. The molecule has 0 amide bonds. The van der Waals surface area contributed by atoms with Crippen molar-refractivity contribution in [3.8, 4) is 0 Å². The molecule has 1 radical (unpaired) electrons. The molecule has 0 nitrogen and oxygen atoms in total. The van der Waals surface area contributed by atoms with Crippen LogP contribution < -0.4 is 0 Å². The minimum Gasteiger partial charge on any atom is -0.171 e. The summed E-state index contributed by atoms with van der Waals surface area (Å²) in [5, 5.41) is 1.22. The monoisotopic (exact) mass is 131 g/mol. The molecule has 0 unspecified atom stereocenters. The van der Waals surface area contributed by atoms with E-state index in [0.717, 1.165) is 6.42 Å². The van der Waals surface area contributed by atoms with Crippen molar-refractivity contribution in [2.45, 2.75) is 34.1 Å². The van der Waals surface area contributed by atoms with Gasteiger partial charge >= 0.3 is 0 Å². The fourth-order valence-electron chi connectivity index (χ4n) is 0.768. The van der Waals surface area contributed by atoms with Gasteiger partial charge in [0.15, 0.2) is 0 Å². The van der Waals surface area contributed by atoms with E-state index in [-0.39, 0.29) is 0 Å². The van der Waals surface area contributed by atoms with Crippen LogP contribution in [0.15, 0.2) is 0 Å². The molecule has 0 spiro atoms. The Kier molecular flexibility index (Phi) is 2.89. The molecular formula is C7H15S. The Hall–Kier alpha value is 0.350. The molecule has 0 saturated carbocycles. The summed E-state index contributed by atoms with van der Waals surface area (Å²) in [5.41, 5.74) is 0.409. The molecule has 0 rings (SSSR count). The van der Waals surface area contributed by atoms with Crippen molar-refractivity contribution in [1.29, 1.82) is 0 Å². The number of hydrogen-bond donors (Lipinski definition) is 1. The highest BCUT2D eigenvalue weighted by Crippen LogP contribution is 2.26. The third kappa shape index (κ3) is 6.35. The molecule has 0 atom stereocenters. The highest BCUT2D eigenvalue weighted by atomic mass is 32.1. The zero-order chi connectivity index (χ0) is 6.78. The average Bonchev–Trinajstić information content (AvgIpc) is 1.21. The van der Waals surface area contributed by atoms with Gasteiger partial charge in [-0.25, -0.2) is 0 Å². The largest absolute Gasteiger partial charge is 0.171 e. The van der Waals surface area contributed by atoms with Crippen molar-refractivity contribution in [3.63, 3.8) is 0 Å². The molecule has 1 heteroatoms. The average molecular weight is 131 g/mol. The van der Waals surface area contributed by atoms with Crippen molar-refractivity contribution in [3.05, 3.63) is 5.25 Å². The molecule has 49 valence electrons. The summed E-state index contributed by atoms with van der Waals surface area (Å²) in [6, 6.07) is 0. The molecule has 0 aromatic carbocycles. The van der Waals surface area contributed by atoms with E-state index in [2.05, 4.69) is 33.4 Å². The summed E-state index contributed by atoms with van der Waals surface area (Å²) in [6.07, 6.45) is 1.11. The van der Waals surface area contributed by atoms with Crippen molar-refractivity contribution >= 4 is 12.6 Å². The first-order valence-corrected chi connectivity index (χ1v) is 3.38. The Labute approximate surface area is 58.1 Å². The van der Waals surface area contributed by atoms with E-state index in [1.165, 1.54) is 5.25 Å². The van der Waals surface area contributed by atoms with Gasteiger partial charge < -0.3 is 0 Å². The van der Waals surface area contributed by atoms with E-state index in [1.807, 2.05) is 6.92 Å². The normalized spacial score (nSPS) is 12.8. The van der Waals surface area contributed by atoms with Crippen LogP contribution in [-0.2, 0) is 0 Å². The summed E-state index contributed by atoms with van der Waals surface area (Å²) in [7, 11) is 0. The lowest BCUT2D eigenvalue weighted by Crippen LogP contribution is -2.06. The lowest BCUT2D eigenvalue weighted by molar-refractivity contribution is 0.402. The molecule has 0 bridgehead atoms. The third-order valence-electron chi connectivity index (χ3n) is 0.786. The third-order valence-corrected chi connectivity index (χ3v) is 0.944. The predicted octanol–water partition coefficient (Wildman–Crippen LogP) is 2.90. The Morgan fingerprint density at radius 1 is 1.38 bits per heavy atom. The minimum absolute atomic E-state index is 0.409. The molecule has 0 aromatic rings. The summed E-state index contributed by atoms with van der Waals surface area (Å²) < 4.78 is 0. The van der Waals surface area contributed by atoms with Crippen molar-refractivity contribution < 1.29 is 0 Å². The first-order valence-electron chi connectivity index (χ1n) is 2.93. The van der Waals surface area contributed by atoms with Gasteiger partial charge in [-0.1, -0.05) is 20.8 Å². The summed E-state index contributed by atoms with van der Waals surface area (Å²) in [6.45, 7) is 8.69. The van der Waals surface area contributed by atoms with Gasteiger partial charge in [-0.2, -0.15) is 12.6 Å². The molecule has 0 aliphatic heterocycles. The van der Waals surface area contributed by atoms with Gasteiger partial charge in [0.25, 0.3) is 0 Å². The number of hydrogen-bond acceptors (Lipinski definition) is 1. The summed E-state index contributed by atoms with van der Waals surface area (Å²) in [4.78, 5) is 0. The van der Waals surface area contributed by atoms with Gasteiger partial charge in [0.05, 0.1) is 0 Å². The van der Waals surface area contributed by atoms with Crippen LogP contribution in [0, 0.1) is 10.7 Å². The highest BCUT2D eigenvalue weighted by molar-refractivity contribution is 7.83. The van der Waals surface area contributed by atoms with Crippen molar-refractivity contribution in [2.24, 2.45) is 5.41 Å². The van der Waals surface area contributed by atoms with Crippen molar-refractivity contribution in [1.82, 2.24) is 0 Å². The second-order valence-electron chi connectivity index (χ2n) is 3.47. The fraction of sp³-hybridized carbons (Fsp3) is 0.857. The maximum Gasteiger partial charge on any atom is 0.0248 e. The van der Waals surface area contributed by atoms with Crippen LogP contribution in [0.5, 0.6) is 0 Å². The van der Waals surface area contributed by atoms with Crippen LogP contribution in [0.1, 0.15) is 34.1 Å². The molecule has 8 heavy (non-hydrogen) atoms. The highest BCUT2D eigenvalue weighted by Gasteiger charge is 2.12. The van der Waals surface area contributed by atoms with E-state index in [1.54, 1.807) is 0 Å². The summed E-state index contributed by atoms with van der Waals surface area (Å²) >= 11 is 4.21. The lowest BCUT2D eigenvalue weighted by Gasteiger charge is -2.19. The fourth-order valence-corrected chi connectivity index (χ4v) is 1.24. The quantitative estimate of drug-likeness (QED) is 0.520. The van der Waals surface area contributed by atoms with E-state index in [9.17, 15) is 0 Å². The molecule has 0 N–H and O–H groups in total. The Balaban J connectivity index is 3.39. The maximum absolute atomic E-state index is 4.21. The van der Waals surface area contributed by atoms with Gasteiger partial charge in [0, 0.05) is 5.25 Å². The zero-order valence-electron chi connectivity index (χ0n) is 6.15. The van der Waals surface area contributed by atoms with Crippen LogP contribution in [-0.4, -0.2) is 0 Å². The van der Waals surface area contributed by atoms with Crippen LogP contribution in [0.25, 0.3) is 0 Å². The van der Waals surface area contributed by atoms with Gasteiger partial charge in [0.2, 0.25) is 0 Å². The molecule has 0 fully saturated rings. The van der Waals surface area contributed by atoms with Gasteiger partial charge in [-0.05, 0) is 18.8 Å².